The number of carbonyl (C=O) groups excluding carboxylic acids is 3. The summed E-state index contributed by atoms with van der Waals surface area (Å²) in [5.41, 5.74) is 6.80. The van der Waals surface area contributed by atoms with Gasteiger partial charge in [0.15, 0.2) is 0 Å². The van der Waals surface area contributed by atoms with Crippen molar-refractivity contribution in [3.63, 3.8) is 0 Å². The molecule has 1 aliphatic heterocycles. The monoisotopic (exact) mass is 375 g/mol. The molecular weight excluding hydrogens is 346 g/mol. The van der Waals surface area contributed by atoms with E-state index in [9.17, 15) is 14.4 Å². The van der Waals surface area contributed by atoms with Gasteiger partial charge in [-0.2, -0.15) is 0 Å². The van der Waals surface area contributed by atoms with E-state index in [1.54, 1.807) is 11.0 Å². The molecule has 7 heteroatoms. The molecular formula is C20H29N3O4. The quantitative estimate of drug-likeness (QED) is 0.778. The van der Waals surface area contributed by atoms with E-state index in [2.05, 4.69) is 10.9 Å². The Morgan fingerprint density at radius 1 is 1.15 bits per heavy atom. The maximum Gasteiger partial charge on any atom is 0.410 e. The van der Waals surface area contributed by atoms with Crippen molar-refractivity contribution in [2.75, 3.05) is 13.1 Å². The molecule has 1 atom stereocenters. The van der Waals surface area contributed by atoms with Crippen LogP contribution in [0, 0.1) is 19.8 Å². The first kappa shape index (κ1) is 20.7. The molecule has 0 bridgehead atoms. The zero-order chi connectivity index (χ0) is 20.2. The van der Waals surface area contributed by atoms with Crippen LogP contribution in [-0.4, -0.2) is 41.5 Å². The van der Waals surface area contributed by atoms with Crippen LogP contribution in [-0.2, 0) is 9.53 Å². The number of benzene rings is 1. The molecule has 0 spiro atoms. The first-order valence-electron chi connectivity index (χ1n) is 9.22. The Morgan fingerprint density at radius 2 is 1.85 bits per heavy atom. The van der Waals surface area contributed by atoms with E-state index in [1.807, 2.05) is 46.8 Å². The summed E-state index contributed by atoms with van der Waals surface area (Å²) >= 11 is 0. The van der Waals surface area contributed by atoms with E-state index in [0.717, 1.165) is 11.1 Å². The lowest BCUT2D eigenvalue weighted by molar-refractivity contribution is -0.127. The highest BCUT2D eigenvalue weighted by Crippen LogP contribution is 2.19. The van der Waals surface area contributed by atoms with E-state index in [4.69, 9.17) is 4.74 Å². The molecule has 148 valence electrons. The van der Waals surface area contributed by atoms with Crippen LogP contribution in [0.1, 0.15) is 55.1 Å². The lowest BCUT2D eigenvalue weighted by Crippen LogP contribution is -2.50. The molecule has 1 fully saturated rings. The summed E-state index contributed by atoms with van der Waals surface area (Å²) in [6, 6.07) is 5.50. The summed E-state index contributed by atoms with van der Waals surface area (Å²) in [7, 11) is 0. The summed E-state index contributed by atoms with van der Waals surface area (Å²) in [5, 5.41) is 0. The predicted octanol–water partition coefficient (Wildman–Crippen LogP) is 2.71. The SMILES string of the molecule is Cc1ccc(C(=O)NNC(=O)C2CCCN(C(=O)OC(C)(C)C)C2)c(C)c1. The van der Waals surface area contributed by atoms with Crippen LogP contribution in [0.15, 0.2) is 18.2 Å². The minimum absolute atomic E-state index is 0.278. The smallest absolute Gasteiger partial charge is 0.410 e. The Morgan fingerprint density at radius 3 is 2.48 bits per heavy atom. The molecule has 1 aromatic carbocycles. The Bertz CT molecular complexity index is 724. The Balaban J connectivity index is 1.89. The van der Waals surface area contributed by atoms with Crippen LogP contribution in [0.4, 0.5) is 4.79 Å². The Hall–Kier alpha value is -2.57. The minimum Gasteiger partial charge on any atom is -0.444 e. The maximum atomic E-state index is 12.4. The number of hydrazine groups is 1. The van der Waals surface area contributed by atoms with E-state index >= 15 is 0 Å². The van der Waals surface area contributed by atoms with Crippen molar-refractivity contribution in [3.8, 4) is 0 Å². The fourth-order valence-corrected chi connectivity index (χ4v) is 3.04. The molecule has 2 N–H and O–H groups in total. The third-order valence-electron chi connectivity index (χ3n) is 4.37. The van der Waals surface area contributed by atoms with Crippen molar-refractivity contribution in [2.45, 2.75) is 53.1 Å². The molecule has 0 aromatic heterocycles. The fourth-order valence-electron chi connectivity index (χ4n) is 3.04. The largest absolute Gasteiger partial charge is 0.444 e. The van der Waals surface area contributed by atoms with E-state index in [0.29, 0.717) is 24.9 Å². The topological polar surface area (TPSA) is 87.7 Å². The van der Waals surface area contributed by atoms with Crippen LogP contribution in [0.25, 0.3) is 0 Å². The summed E-state index contributed by atoms with van der Waals surface area (Å²) in [4.78, 5) is 38.5. The number of piperidine rings is 1. The average molecular weight is 375 g/mol. The van der Waals surface area contributed by atoms with Crippen LogP contribution in [0.3, 0.4) is 0 Å². The maximum absolute atomic E-state index is 12.4. The van der Waals surface area contributed by atoms with Gasteiger partial charge in [-0.25, -0.2) is 4.79 Å². The lowest BCUT2D eigenvalue weighted by Gasteiger charge is -2.33. The van der Waals surface area contributed by atoms with E-state index in [-0.39, 0.29) is 24.3 Å². The summed E-state index contributed by atoms with van der Waals surface area (Å²) in [6.07, 6.45) is 0.951. The van der Waals surface area contributed by atoms with Gasteiger partial charge in [-0.05, 0) is 59.1 Å². The summed E-state index contributed by atoms with van der Waals surface area (Å²) in [5.74, 6) is -1.05. The number of hydrogen-bond donors (Lipinski definition) is 2. The summed E-state index contributed by atoms with van der Waals surface area (Å²) < 4.78 is 5.37. The standard InChI is InChI=1S/C20H29N3O4/c1-13-8-9-16(14(2)11-13)18(25)22-21-17(24)15-7-6-10-23(12-15)19(26)27-20(3,4)5/h8-9,11,15H,6-7,10,12H2,1-5H3,(H,21,24)(H,22,25). The number of nitrogens with zero attached hydrogens (tertiary/aromatic N) is 1. The van der Waals surface area contributed by atoms with Crippen molar-refractivity contribution in [3.05, 3.63) is 34.9 Å². The highest BCUT2D eigenvalue weighted by molar-refractivity contribution is 5.96. The van der Waals surface area contributed by atoms with E-state index < -0.39 is 11.7 Å². The molecule has 1 aliphatic rings. The second kappa shape index (κ2) is 8.41. The second-order valence-corrected chi connectivity index (χ2v) is 8.03. The highest BCUT2D eigenvalue weighted by Gasteiger charge is 2.31. The molecule has 27 heavy (non-hydrogen) atoms. The Kier molecular flexibility index (Phi) is 6.46. The first-order valence-corrected chi connectivity index (χ1v) is 9.22. The molecule has 1 unspecified atom stereocenters. The van der Waals surface area contributed by atoms with Gasteiger partial charge in [0, 0.05) is 18.7 Å². The summed E-state index contributed by atoms with van der Waals surface area (Å²) in [6.45, 7) is 10.1. The van der Waals surface area contributed by atoms with E-state index in [1.165, 1.54) is 0 Å². The van der Waals surface area contributed by atoms with Gasteiger partial charge in [-0.3, -0.25) is 20.4 Å². The molecule has 0 aliphatic carbocycles. The minimum atomic E-state index is -0.577. The normalized spacial score (nSPS) is 17.2. The molecule has 1 aromatic rings. The number of carbonyl (C=O) groups is 3. The van der Waals surface area contributed by atoms with Gasteiger partial charge in [0.05, 0.1) is 5.92 Å². The third-order valence-corrected chi connectivity index (χ3v) is 4.37. The fraction of sp³-hybridized carbons (Fsp3) is 0.550. The van der Waals surface area contributed by atoms with Gasteiger partial charge < -0.3 is 9.64 Å². The number of hydrogen-bond acceptors (Lipinski definition) is 4. The van der Waals surface area contributed by atoms with Crippen molar-refractivity contribution < 1.29 is 19.1 Å². The van der Waals surface area contributed by atoms with Gasteiger partial charge in [0.1, 0.15) is 5.60 Å². The van der Waals surface area contributed by atoms with Crippen molar-refractivity contribution in [1.82, 2.24) is 15.8 Å². The van der Waals surface area contributed by atoms with Crippen molar-refractivity contribution in [2.24, 2.45) is 5.92 Å². The van der Waals surface area contributed by atoms with Gasteiger partial charge in [-0.15, -0.1) is 0 Å². The number of nitrogens with one attached hydrogen (secondary N) is 2. The second-order valence-electron chi connectivity index (χ2n) is 8.03. The molecule has 0 saturated carbocycles. The van der Waals surface area contributed by atoms with Crippen molar-refractivity contribution >= 4 is 17.9 Å². The molecule has 1 heterocycles. The molecule has 2 rings (SSSR count). The van der Waals surface area contributed by atoms with Gasteiger partial charge in [0.25, 0.3) is 5.91 Å². The average Bonchev–Trinajstić information content (AvgIpc) is 2.58. The van der Waals surface area contributed by atoms with Gasteiger partial charge >= 0.3 is 6.09 Å². The predicted molar refractivity (Wildman–Crippen MR) is 102 cm³/mol. The number of likely N-dealkylation sites (tertiary alicyclic amines) is 1. The number of aryl methyl sites for hydroxylation is 2. The molecule has 1 saturated heterocycles. The Labute approximate surface area is 160 Å². The van der Waals surface area contributed by atoms with Gasteiger partial charge in [0.2, 0.25) is 5.91 Å². The van der Waals surface area contributed by atoms with Crippen LogP contribution >= 0.6 is 0 Å². The number of ether oxygens (including phenoxy) is 1. The zero-order valence-electron chi connectivity index (χ0n) is 16.7. The highest BCUT2D eigenvalue weighted by atomic mass is 16.6. The molecule has 7 nitrogen and oxygen atoms in total. The lowest BCUT2D eigenvalue weighted by atomic mass is 9.98. The first-order chi connectivity index (χ1) is 12.6. The third kappa shape index (κ3) is 5.98. The van der Waals surface area contributed by atoms with Crippen molar-refractivity contribution in [1.29, 1.82) is 0 Å². The van der Waals surface area contributed by atoms with Gasteiger partial charge in [-0.1, -0.05) is 17.7 Å². The van der Waals surface area contributed by atoms with Crippen LogP contribution in [0.5, 0.6) is 0 Å². The number of amides is 3. The molecule has 0 radical (unpaired) electrons. The van der Waals surface area contributed by atoms with Crippen LogP contribution < -0.4 is 10.9 Å². The number of rotatable bonds is 2. The molecule has 3 amide bonds. The zero-order valence-corrected chi connectivity index (χ0v) is 16.7. The van der Waals surface area contributed by atoms with Crippen LogP contribution in [0.2, 0.25) is 0 Å².